The van der Waals surface area contributed by atoms with Gasteiger partial charge in [-0.1, -0.05) is 76.6 Å². The fourth-order valence-corrected chi connectivity index (χ4v) is 6.97. The maximum Gasteiger partial charge on any atom is 0.122 e. The number of benzene rings is 2. The highest BCUT2D eigenvalue weighted by atomic mass is 16.3. The van der Waals surface area contributed by atoms with Crippen LogP contribution in [0.2, 0.25) is 0 Å². The minimum Gasteiger partial charge on any atom is -0.507 e. The third-order valence-corrected chi connectivity index (χ3v) is 9.34. The molecule has 0 aliphatic heterocycles. The summed E-state index contributed by atoms with van der Waals surface area (Å²) in [5.74, 6) is 0.755. The predicted molar refractivity (Wildman–Crippen MR) is 151 cm³/mol. The Hall–Kier alpha value is -2.04. The van der Waals surface area contributed by atoms with Crippen LogP contribution in [0.25, 0.3) is 0 Å². The number of aliphatic hydroxyl groups excluding tert-OH is 2. The van der Waals surface area contributed by atoms with Gasteiger partial charge < -0.3 is 20.4 Å². The van der Waals surface area contributed by atoms with E-state index in [2.05, 4.69) is 38.1 Å². The van der Waals surface area contributed by atoms with E-state index in [4.69, 9.17) is 0 Å². The van der Waals surface area contributed by atoms with Crippen LogP contribution in [0.4, 0.5) is 0 Å². The molecule has 2 aliphatic carbocycles. The Kier molecular flexibility index (Phi) is 9.24. The molecule has 0 aromatic heterocycles. The molecule has 4 nitrogen and oxygen atoms in total. The van der Waals surface area contributed by atoms with Crippen LogP contribution >= 0.6 is 0 Å². The number of phenols is 2. The van der Waals surface area contributed by atoms with E-state index >= 15 is 0 Å². The van der Waals surface area contributed by atoms with Crippen LogP contribution in [0.3, 0.4) is 0 Å². The zero-order chi connectivity index (χ0) is 26.5. The molecule has 0 heterocycles. The van der Waals surface area contributed by atoms with Crippen molar-refractivity contribution in [3.63, 3.8) is 0 Å². The van der Waals surface area contributed by atoms with Crippen molar-refractivity contribution in [2.24, 2.45) is 0 Å². The lowest BCUT2D eigenvalue weighted by Crippen LogP contribution is -2.26. The zero-order valence-corrected chi connectivity index (χ0v) is 23.1. The van der Waals surface area contributed by atoms with Crippen molar-refractivity contribution < 1.29 is 20.4 Å². The Morgan fingerprint density at radius 3 is 1.32 bits per heavy atom. The second-order valence-corrected chi connectivity index (χ2v) is 12.4. The Morgan fingerprint density at radius 1 is 0.595 bits per heavy atom. The van der Waals surface area contributed by atoms with Gasteiger partial charge in [-0.25, -0.2) is 0 Å². The highest BCUT2D eigenvalue weighted by molar-refractivity contribution is 5.54. The molecule has 0 saturated heterocycles. The van der Waals surface area contributed by atoms with E-state index < -0.39 is 0 Å². The molecule has 0 bridgehead atoms. The number of aryl methyl sites for hydroxylation is 2. The molecular weight excluding hydrogens is 460 g/mol. The fraction of sp³-hybridized carbons (Fsp3) is 0.636. The lowest BCUT2D eigenvalue weighted by molar-refractivity contribution is 0.288. The van der Waals surface area contributed by atoms with E-state index in [0.717, 1.165) is 71.9 Å². The van der Waals surface area contributed by atoms with Crippen molar-refractivity contribution in [2.75, 3.05) is 13.2 Å². The van der Waals surface area contributed by atoms with Crippen molar-refractivity contribution in [1.29, 1.82) is 0 Å². The smallest absolute Gasteiger partial charge is 0.122 e. The minimum absolute atomic E-state index is 0.0436. The van der Waals surface area contributed by atoms with Gasteiger partial charge in [-0.2, -0.15) is 0 Å². The van der Waals surface area contributed by atoms with Gasteiger partial charge in [0.15, 0.2) is 0 Å². The number of hydrogen-bond acceptors (Lipinski definition) is 4. The van der Waals surface area contributed by atoms with E-state index in [9.17, 15) is 20.4 Å². The van der Waals surface area contributed by atoms with Crippen molar-refractivity contribution in [3.8, 4) is 11.5 Å². The SMILES string of the molecule is CC1(c2cc(CCCO)cc(Cc3cc(CCCO)cc(C4(C)CCCCC4)c3O)c2O)CCCCC1. The van der Waals surface area contributed by atoms with Crippen LogP contribution in [0.1, 0.15) is 124 Å². The molecule has 2 aliphatic rings. The number of hydrogen-bond donors (Lipinski definition) is 4. The summed E-state index contributed by atoms with van der Waals surface area (Å²) < 4.78 is 0. The molecular formula is C33H48O4. The first-order chi connectivity index (χ1) is 17.8. The first kappa shape index (κ1) is 28.0. The van der Waals surface area contributed by atoms with Crippen LogP contribution in [0, 0.1) is 0 Å². The van der Waals surface area contributed by atoms with Gasteiger partial charge in [-0.05, 0) is 84.5 Å². The van der Waals surface area contributed by atoms with Gasteiger partial charge in [0.25, 0.3) is 0 Å². The van der Waals surface area contributed by atoms with Crippen molar-refractivity contribution in [1.82, 2.24) is 0 Å². The van der Waals surface area contributed by atoms with E-state index in [1.807, 2.05) is 0 Å². The molecule has 4 rings (SSSR count). The van der Waals surface area contributed by atoms with E-state index in [0.29, 0.717) is 30.8 Å². The highest BCUT2D eigenvalue weighted by Crippen LogP contribution is 2.47. The van der Waals surface area contributed by atoms with E-state index in [1.165, 1.54) is 38.5 Å². The number of aromatic hydroxyl groups is 2. The van der Waals surface area contributed by atoms with Crippen molar-refractivity contribution in [3.05, 3.63) is 57.6 Å². The van der Waals surface area contributed by atoms with Crippen LogP contribution in [0.15, 0.2) is 24.3 Å². The van der Waals surface area contributed by atoms with Gasteiger partial charge >= 0.3 is 0 Å². The fourth-order valence-electron chi connectivity index (χ4n) is 6.97. The Balaban J connectivity index is 1.78. The first-order valence-electron chi connectivity index (χ1n) is 14.7. The van der Waals surface area contributed by atoms with Gasteiger partial charge in [0, 0.05) is 30.8 Å². The molecule has 2 saturated carbocycles. The lowest BCUT2D eigenvalue weighted by Gasteiger charge is -2.36. The summed E-state index contributed by atoms with van der Waals surface area (Å²) in [5.41, 5.74) is 6.02. The molecule has 2 aromatic rings. The first-order valence-corrected chi connectivity index (χ1v) is 14.7. The van der Waals surface area contributed by atoms with Crippen molar-refractivity contribution >= 4 is 0 Å². The second kappa shape index (κ2) is 12.2. The maximum atomic E-state index is 11.6. The Labute approximate surface area is 223 Å². The summed E-state index contributed by atoms with van der Waals surface area (Å²) in [6.45, 7) is 4.88. The van der Waals surface area contributed by atoms with E-state index in [-0.39, 0.29) is 24.0 Å². The van der Waals surface area contributed by atoms with Gasteiger partial charge in [-0.15, -0.1) is 0 Å². The monoisotopic (exact) mass is 508 g/mol. The second-order valence-electron chi connectivity index (χ2n) is 12.4. The van der Waals surface area contributed by atoms with Crippen LogP contribution in [-0.2, 0) is 30.1 Å². The third kappa shape index (κ3) is 6.34. The van der Waals surface area contributed by atoms with Gasteiger partial charge in [0.2, 0.25) is 0 Å². The molecule has 0 spiro atoms. The summed E-state index contributed by atoms with van der Waals surface area (Å²) in [6, 6.07) is 8.52. The van der Waals surface area contributed by atoms with Crippen LogP contribution in [-0.4, -0.2) is 33.6 Å². The zero-order valence-electron chi connectivity index (χ0n) is 23.1. The largest absolute Gasteiger partial charge is 0.507 e. The number of aliphatic hydroxyl groups is 2. The minimum atomic E-state index is -0.0436. The summed E-state index contributed by atoms with van der Waals surface area (Å²) in [4.78, 5) is 0. The average molecular weight is 509 g/mol. The van der Waals surface area contributed by atoms with Crippen molar-refractivity contribution in [2.45, 2.75) is 121 Å². The van der Waals surface area contributed by atoms with Crippen LogP contribution in [0.5, 0.6) is 11.5 Å². The molecule has 2 fully saturated rings. The molecule has 37 heavy (non-hydrogen) atoms. The molecule has 4 N–H and O–H groups in total. The molecule has 0 radical (unpaired) electrons. The summed E-state index contributed by atoms with van der Waals surface area (Å²) in [5, 5.41) is 42.2. The van der Waals surface area contributed by atoms with Gasteiger partial charge in [0.05, 0.1) is 0 Å². The number of phenolic OH excluding ortho intramolecular Hbond substituents is 2. The molecule has 204 valence electrons. The molecule has 4 heteroatoms. The third-order valence-electron chi connectivity index (χ3n) is 9.34. The Bertz CT molecular complexity index is 961. The molecule has 0 unspecified atom stereocenters. The maximum absolute atomic E-state index is 11.6. The Morgan fingerprint density at radius 2 is 0.973 bits per heavy atom. The van der Waals surface area contributed by atoms with E-state index in [1.54, 1.807) is 0 Å². The highest BCUT2D eigenvalue weighted by Gasteiger charge is 2.34. The molecule has 2 aromatic carbocycles. The van der Waals surface area contributed by atoms with Gasteiger partial charge in [-0.3, -0.25) is 0 Å². The molecule has 0 amide bonds. The summed E-state index contributed by atoms with van der Waals surface area (Å²) in [6.07, 6.45) is 15.0. The quantitative estimate of drug-likeness (QED) is 0.279. The normalized spacial score (nSPS) is 19.1. The lowest BCUT2D eigenvalue weighted by atomic mass is 9.69. The van der Waals surface area contributed by atoms with Gasteiger partial charge in [0.1, 0.15) is 11.5 Å². The van der Waals surface area contributed by atoms with Crippen LogP contribution < -0.4 is 0 Å². The summed E-state index contributed by atoms with van der Waals surface area (Å²) >= 11 is 0. The number of rotatable bonds is 10. The average Bonchev–Trinajstić information content (AvgIpc) is 2.89. The standard InChI is InChI=1S/C33H48O4/c1-32(13-5-3-6-14-32)28-21-24(11-9-17-34)19-26(30(28)36)23-27-20-25(12-10-18-35)22-29(31(27)37)33(2)15-7-4-8-16-33/h19-22,34-37H,3-18,23H2,1-2H3. The molecule has 0 atom stereocenters. The predicted octanol–water partition coefficient (Wildman–Crippen LogP) is 6.98. The topological polar surface area (TPSA) is 80.9 Å². The summed E-state index contributed by atoms with van der Waals surface area (Å²) in [7, 11) is 0.